The number of nitrogens with one attached hydrogen (secondary N) is 2. The lowest BCUT2D eigenvalue weighted by molar-refractivity contribution is -0.143. The molecular weight excluding hydrogens is 513 g/mol. The molecule has 10 heteroatoms. The highest BCUT2D eigenvalue weighted by Gasteiger charge is 2.30. The molecule has 2 N–H and O–H groups in total. The average molecular weight is 543 g/mol. The Bertz CT molecular complexity index is 1310. The van der Waals surface area contributed by atoms with E-state index in [-0.39, 0.29) is 12.0 Å². The summed E-state index contributed by atoms with van der Waals surface area (Å²) >= 11 is 0. The number of benzene rings is 3. The topological polar surface area (TPSA) is 93.7 Å². The molecule has 3 aromatic rings. The van der Waals surface area contributed by atoms with Gasteiger partial charge in [0, 0.05) is 17.7 Å². The maximum absolute atomic E-state index is 13.0. The fourth-order valence-electron chi connectivity index (χ4n) is 3.72. The van der Waals surface area contributed by atoms with E-state index in [0.29, 0.717) is 22.4 Å². The van der Waals surface area contributed by atoms with Gasteiger partial charge in [-0.05, 0) is 67.8 Å². The van der Waals surface area contributed by atoms with Gasteiger partial charge in [0.2, 0.25) is 0 Å². The summed E-state index contributed by atoms with van der Waals surface area (Å²) in [6.07, 6.45) is -5.09. The SMILES string of the molecule is COC(=O)C(Cc1ccc(NC(=O)c2ccccc2-c2ccc(C(F)(F)F)cc2)cc1)NC(=O)OC(C)(C)C. The van der Waals surface area contributed by atoms with Crippen LogP contribution in [-0.2, 0) is 26.9 Å². The minimum Gasteiger partial charge on any atom is -0.467 e. The molecule has 0 saturated heterocycles. The normalized spacial score (nSPS) is 12.3. The van der Waals surface area contributed by atoms with Gasteiger partial charge in [-0.2, -0.15) is 13.2 Å². The lowest BCUT2D eigenvalue weighted by Gasteiger charge is -2.22. The number of ether oxygens (including phenoxy) is 2. The number of carbonyl (C=O) groups excluding carboxylic acids is 3. The zero-order valence-electron chi connectivity index (χ0n) is 21.9. The maximum Gasteiger partial charge on any atom is 0.416 e. The van der Waals surface area contributed by atoms with Crippen LogP contribution in [0.3, 0.4) is 0 Å². The number of alkyl carbamates (subject to hydrolysis) is 1. The first kappa shape index (κ1) is 29.2. The largest absolute Gasteiger partial charge is 0.467 e. The van der Waals surface area contributed by atoms with Crippen molar-refractivity contribution in [1.82, 2.24) is 5.32 Å². The molecule has 0 bridgehead atoms. The fourth-order valence-corrected chi connectivity index (χ4v) is 3.72. The molecule has 0 heterocycles. The van der Waals surface area contributed by atoms with Gasteiger partial charge in [0.1, 0.15) is 11.6 Å². The van der Waals surface area contributed by atoms with Gasteiger partial charge in [0.05, 0.1) is 12.7 Å². The van der Waals surface area contributed by atoms with E-state index in [2.05, 4.69) is 10.6 Å². The van der Waals surface area contributed by atoms with Crippen molar-refractivity contribution in [2.75, 3.05) is 12.4 Å². The third kappa shape index (κ3) is 8.33. The summed E-state index contributed by atoms with van der Waals surface area (Å²) in [5.74, 6) is -1.09. The number of esters is 1. The number of rotatable bonds is 7. The van der Waals surface area contributed by atoms with Gasteiger partial charge < -0.3 is 20.1 Å². The summed E-state index contributed by atoms with van der Waals surface area (Å²) in [7, 11) is 1.22. The van der Waals surface area contributed by atoms with E-state index >= 15 is 0 Å². The zero-order valence-corrected chi connectivity index (χ0v) is 21.9. The van der Waals surface area contributed by atoms with E-state index in [1.165, 1.54) is 19.2 Å². The molecule has 1 unspecified atom stereocenters. The van der Waals surface area contributed by atoms with Gasteiger partial charge in [0.25, 0.3) is 5.91 Å². The standard InChI is InChI=1S/C29H29F3N2O5/c1-28(2,3)39-27(37)34-24(26(36)38-4)17-18-9-15-21(16-10-18)33-25(35)23-8-6-5-7-22(23)19-11-13-20(14-12-19)29(30,31)32/h5-16,24H,17H2,1-4H3,(H,33,35)(H,34,37). The maximum atomic E-state index is 13.0. The molecule has 0 aliphatic carbocycles. The van der Waals surface area contributed by atoms with Gasteiger partial charge in [-0.3, -0.25) is 4.79 Å². The predicted molar refractivity (Wildman–Crippen MR) is 140 cm³/mol. The van der Waals surface area contributed by atoms with E-state index < -0.39 is 41.4 Å². The summed E-state index contributed by atoms with van der Waals surface area (Å²) < 4.78 is 48.8. The first-order chi connectivity index (χ1) is 18.3. The van der Waals surface area contributed by atoms with Gasteiger partial charge >= 0.3 is 18.2 Å². The Labute approximate surface area is 224 Å². The highest BCUT2D eigenvalue weighted by atomic mass is 19.4. The van der Waals surface area contributed by atoms with Crippen molar-refractivity contribution in [2.45, 2.75) is 45.0 Å². The van der Waals surface area contributed by atoms with E-state index in [4.69, 9.17) is 9.47 Å². The van der Waals surface area contributed by atoms with Crippen LogP contribution in [0.25, 0.3) is 11.1 Å². The Morgan fingerprint density at radius 3 is 2.05 bits per heavy atom. The third-order valence-corrected chi connectivity index (χ3v) is 5.52. The number of alkyl halides is 3. The second kappa shape index (κ2) is 12.0. The highest BCUT2D eigenvalue weighted by Crippen LogP contribution is 2.32. The minimum atomic E-state index is -4.45. The Morgan fingerprint density at radius 2 is 1.49 bits per heavy atom. The Hall–Kier alpha value is -4.34. The number of hydrogen-bond donors (Lipinski definition) is 2. The van der Waals surface area contributed by atoms with Crippen molar-refractivity contribution >= 4 is 23.7 Å². The summed E-state index contributed by atoms with van der Waals surface area (Å²) in [5, 5.41) is 5.28. The van der Waals surface area contributed by atoms with Crippen molar-refractivity contribution in [3.05, 3.63) is 89.5 Å². The lowest BCUT2D eigenvalue weighted by Crippen LogP contribution is -2.45. The molecule has 7 nitrogen and oxygen atoms in total. The van der Waals surface area contributed by atoms with Crippen LogP contribution in [0.1, 0.15) is 42.3 Å². The number of hydrogen-bond acceptors (Lipinski definition) is 5. The molecule has 39 heavy (non-hydrogen) atoms. The summed E-state index contributed by atoms with van der Waals surface area (Å²) in [4.78, 5) is 37.4. The molecule has 2 amide bonds. The second-order valence-electron chi connectivity index (χ2n) is 9.70. The lowest BCUT2D eigenvalue weighted by atomic mass is 9.98. The molecule has 0 radical (unpaired) electrons. The molecular formula is C29H29F3N2O5. The van der Waals surface area contributed by atoms with Gasteiger partial charge in [-0.25, -0.2) is 9.59 Å². The fraction of sp³-hybridized carbons (Fsp3) is 0.276. The van der Waals surface area contributed by atoms with Crippen LogP contribution in [0, 0.1) is 0 Å². The number of anilines is 1. The monoisotopic (exact) mass is 542 g/mol. The second-order valence-corrected chi connectivity index (χ2v) is 9.70. The van der Waals surface area contributed by atoms with Gasteiger partial charge in [-0.15, -0.1) is 0 Å². The summed E-state index contributed by atoms with van der Waals surface area (Å²) in [5.41, 5.74) is 0.864. The van der Waals surface area contributed by atoms with Crippen LogP contribution in [0.5, 0.6) is 0 Å². The van der Waals surface area contributed by atoms with Crippen molar-refractivity contribution in [3.8, 4) is 11.1 Å². The molecule has 3 rings (SSSR count). The Balaban J connectivity index is 1.72. The first-order valence-electron chi connectivity index (χ1n) is 12.0. The summed E-state index contributed by atoms with van der Waals surface area (Å²) in [6.45, 7) is 5.11. The van der Waals surface area contributed by atoms with Crippen LogP contribution in [0.2, 0.25) is 0 Å². The molecule has 0 fully saturated rings. The molecule has 0 aliphatic heterocycles. The van der Waals surface area contributed by atoms with Gasteiger partial charge in [0.15, 0.2) is 0 Å². The van der Waals surface area contributed by atoms with Crippen molar-refractivity contribution in [2.24, 2.45) is 0 Å². The molecule has 3 aromatic carbocycles. The molecule has 0 aromatic heterocycles. The number of amides is 2. The molecule has 1 atom stereocenters. The van der Waals surface area contributed by atoms with E-state index in [9.17, 15) is 27.6 Å². The zero-order chi connectivity index (χ0) is 28.8. The molecule has 0 saturated carbocycles. The van der Waals surface area contributed by atoms with Crippen LogP contribution in [0.15, 0.2) is 72.8 Å². The van der Waals surface area contributed by atoms with E-state index in [0.717, 1.165) is 12.1 Å². The highest BCUT2D eigenvalue weighted by molar-refractivity contribution is 6.08. The van der Waals surface area contributed by atoms with E-state index in [1.807, 2.05) is 0 Å². The Morgan fingerprint density at radius 1 is 0.872 bits per heavy atom. The van der Waals surface area contributed by atoms with Crippen molar-refractivity contribution in [3.63, 3.8) is 0 Å². The molecule has 0 aliphatic rings. The van der Waals surface area contributed by atoms with Crippen LogP contribution >= 0.6 is 0 Å². The number of carbonyl (C=O) groups is 3. The van der Waals surface area contributed by atoms with Crippen molar-refractivity contribution in [1.29, 1.82) is 0 Å². The van der Waals surface area contributed by atoms with Crippen LogP contribution < -0.4 is 10.6 Å². The summed E-state index contributed by atoms with van der Waals surface area (Å²) in [6, 6.07) is 16.9. The van der Waals surface area contributed by atoms with Crippen LogP contribution in [-0.4, -0.2) is 36.7 Å². The van der Waals surface area contributed by atoms with E-state index in [1.54, 1.807) is 69.3 Å². The first-order valence-corrected chi connectivity index (χ1v) is 12.0. The van der Waals surface area contributed by atoms with Gasteiger partial charge in [-0.1, -0.05) is 42.5 Å². The quantitative estimate of drug-likeness (QED) is 0.345. The minimum absolute atomic E-state index is 0.122. The smallest absolute Gasteiger partial charge is 0.416 e. The van der Waals surface area contributed by atoms with Crippen LogP contribution in [0.4, 0.5) is 23.7 Å². The third-order valence-electron chi connectivity index (χ3n) is 5.52. The molecule has 206 valence electrons. The predicted octanol–water partition coefficient (Wildman–Crippen LogP) is 6.23. The van der Waals surface area contributed by atoms with Crippen molar-refractivity contribution < 1.29 is 37.0 Å². The molecule has 0 spiro atoms. The average Bonchev–Trinajstić information content (AvgIpc) is 2.87. The number of halogens is 3. The Kier molecular flexibility index (Phi) is 9.00. The number of methoxy groups -OCH3 is 1.